The van der Waals surface area contributed by atoms with Gasteiger partial charge in [0.25, 0.3) is 0 Å². The highest BCUT2D eigenvalue weighted by atomic mass is 19.1. The Labute approximate surface area is 147 Å². The molecule has 1 saturated heterocycles. The van der Waals surface area contributed by atoms with Gasteiger partial charge < -0.3 is 4.74 Å². The van der Waals surface area contributed by atoms with E-state index in [4.69, 9.17) is 4.74 Å². The summed E-state index contributed by atoms with van der Waals surface area (Å²) in [5.74, 6) is -0.551. The molecule has 0 aromatic heterocycles. The molecule has 1 saturated carbocycles. The Bertz CT molecular complexity index is 681. The summed E-state index contributed by atoms with van der Waals surface area (Å²) >= 11 is 0. The van der Waals surface area contributed by atoms with E-state index in [2.05, 4.69) is 0 Å². The molecule has 0 amide bonds. The smallest absolute Gasteiger partial charge is 0.330 e. The van der Waals surface area contributed by atoms with Gasteiger partial charge >= 0.3 is 5.97 Å². The van der Waals surface area contributed by atoms with Crippen LogP contribution in [0.2, 0.25) is 0 Å². The lowest BCUT2D eigenvalue weighted by molar-refractivity contribution is -0.137. The minimum absolute atomic E-state index is 0.0454. The number of hydrogen-bond acceptors (Lipinski definition) is 4. The van der Waals surface area contributed by atoms with Crippen molar-refractivity contribution in [1.29, 1.82) is 0 Å². The fraction of sp³-hybridized carbons (Fsp3) is 0.500. The second-order valence-corrected chi connectivity index (χ2v) is 6.73. The number of Topliss-reactive ketones (excluding diaryl/α,β-unsaturated/α-hetero) is 1. The molecule has 0 radical (unpaired) electrons. The number of ketones is 1. The number of likely N-dealkylation sites (tertiary alicyclic amines) is 1. The lowest BCUT2D eigenvalue weighted by Crippen LogP contribution is -2.40. The van der Waals surface area contributed by atoms with Gasteiger partial charge in [-0.25, -0.2) is 9.18 Å². The van der Waals surface area contributed by atoms with Gasteiger partial charge in [0.15, 0.2) is 5.78 Å². The molecule has 1 heterocycles. The van der Waals surface area contributed by atoms with Crippen LogP contribution in [-0.4, -0.2) is 36.3 Å². The Morgan fingerprint density at radius 3 is 2.80 bits per heavy atom. The molecule has 0 N–H and O–H groups in total. The number of rotatable bonds is 6. The summed E-state index contributed by atoms with van der Waals surface area (Å²) in [6, 6.07) is 5.94. The lowest BCUT2D eigenvalue weighted by atomic mass is 9.94. The number of carbonyl (C=O) groups is 2. The third-order valence-electron chi connectivity index (χ3n) is 4.77. The summed E-state index contributed by atoms with van der Waals surface area (Å²) in [5.41, 5.74) is 1.38. The van der Waals surface area contributed by atoms with Crippen molar-refractivity contribution in [2.75, 3.05) is 19.7 Å². The van der Waals surface area contributed by atoms with E-state index in [1.54, 1.807) is 25.1 Å². The van der Waals surface area contributed by atoms with Crippen LogP contribution in [0.15, 0.2) is 35.9 Å². The number of benzene rings is 1. The molecule has 2 aliphatic rings. The number of halogens is 1. The highest BCUT2D eigenvalue weighted by molar-refractivity contribution is 5.89. The Morgan fingerprint density at radius 1 is 1.36 bits per heavy atom. The van der Waals surface area contributed by atoms with Crippen molar-refractivity contribution >= 4 is 11.8 Å². The summed E-state index contributed by atoms with van der Waals surface area (Å²) in [7, 11) is 0. The third-order valence-corrected chi connectivity index (χ3v) is 4.77. The van der Waals surface area contributed by atoms with Crippen molar-refractivity contribution in [2.24, 2.45) is 5.92 Å². The minimum Gasteiger partial charge on any atom is -0.463 e. The fourth-order valence-electron chi connectivity index (χ4n) is 3.43. The van der Waals surface area contributed by atoms with E-state index in [1.807, 2.05) is 4.90 Å². The first-order chi connectivity index (χ1) is 12.1. The Hall–Kier alpha value is -2.01. The molecular formula is C20H24FNO3. The quantitative estimate of drug-likeness (QED) is 0.585. The zero-order chi connectivity index (χ0) is 17.8. The molecule has 1 atom stereocenters. The highest BCUT2D eigenvalue weighted by Gasteiger charge is 2.40. The fourth-order valence-corrected chi connectivity index (χ4v) is 3.43. The summed E-state index contributed by atoms with van der Waals surface area (Å²) < 4.78 is 19.4. The Balaban J connectivity index is 1.84. The van der Waals surface area contributed by atoms with Gasteiger partial charge in [0.05, 0.1) is 12.6 Å². The number of nitrogens with zero attached hydrogens (tertiary/aromatic N) is 1. The molecule has 5 heteroatoms. The largest absolute Gasteiger partial charge is 0.463 e. The lowest BCUT2D eigenvalue weighted by Gasteiger charge is -2.35. The predicted octanol–water partition coefficient (Wildman–Crippen LogP) is 3.43. The van der Waals surface area contributed by atoms with Crippen molar-refractivity contribution in [1.82, 2.24) is 4.90 Å². The average Bonchev–Trinajstić information content (AvgIpc) is 3.42. The van der Waals surface area contributed by atoms with Crippen LogP contribution >= 0.6 is 0 Å². The van der Waals surface area contributed by atoms with E-state index < -0.39 is 6.04 Å². The second kappa shape index (κ2) is 7.91. The van der Waals surface area contributed by atoms with E-state index in [0.29, 0.717) is 18.7 Å². The Kier molecular flexibility index (Phi) is 5.63. The van der Waals surface area contributed by atoms with Gasteiger partial charge in [-0.3, -0.25) is 9.69 Å². The van der Waals surface area contributed by atoms with Crippen molar-refractivity contribution in [2.45, 2.75) is 38.6 Å². The zero-order valence-corrected chi connectivity index (χ0v) is 14.5. The standard InChI is InChI=1S/C20H24FNO3/c1-2-25-18(23)12-14-6-5-11-22(13-14)19(20(24)15-9-10-15)16-7-3-4-8-17(16)21/h3-4,7-8,12,15,19H,2,5-6,9-11,13H2,1H3/b14-12+. The van der Waals surface area contributed by atoms with Crippen molar-refractivity contribution in [3.63, 3.8) is 0 Å². The van der Waals surface area contributed by atoms with Crippen LogP contribution in [0, 0.1) is 11.7 Å². The van der Waals surface area contributed by atoms with Crippen LogP contribution in [0.3, 0.4) is 0 Å². The second-order valence-electron chi connectivity index (χ2n) is 6.73. The maximum absolute atomic E-state index is 14.4. The van der Waals surface area contributed by atoms with E-state index in [-0.39, 0.29) is 23.5 Å². The number of carbonyl (C=O) groups excluding carboxylic acids is 2. The molecular weight excluding hydrogens is 321 g/mol. The van der Waals surface area contributed by atoms with Gasteiger partial charge in [-0.15, -0.1) is 0 Å². The third kappa shape index (κ3) is 4.34. The normalized spacial score (nSPS) is 21.1. The van der Waals surface area contributed by atoms with Crippen molar-refractivity contribution in [3.05, 3.63) is 47.3 Å². The van der Waals surface area contributed by atoms with Crippen LogP contribution in [0.5, 0.6) is 0 Å². The van der Waals surface area contributed by atoms with Gasteiger partial charge in [-0.2, -0.15) is 0 Å². The summed E-state index contributed by atoms with van der Waals surface area (Å²) in [5, 5.41) is 0. The first kappa shape index (κ1) is 17.8. The molecule has 134 valence electrons. The first-order valence-corrected chi connectivity index (χ1v) is 8.98. The van der Waals surface area contributed by atoms with Crippen LogP contribution in [0.25, 0.3) is 0 Å². The molecule has 0 spiro atoms. The van der Waals surface area contributed by atoms with Gasteiger partial charge in [-0.1, -0.05) is 18.2 Å². The molecule has 3 rings (SSSR count). The molecule has 1 aromatic carbocycles. The molecule has 2 fully saturated rings. The maximum atomic E-state index is 14.4. The summed E-state index contributed by atoms with van der Waals surface area (Å²) in [6.45, 7) is 3.32. The first-order valence-electron chi connectivity index (χ1n) is 8.98. The van der Waals surface area contributed by atoms with Gasteiger partial charge in [-0.05, 0) is 50.8 Å². The topological polar surface area (TPSA) is 46.6 Å². The van der Waals surface area contributed by atoms with Crippen molar-refractivity contribution in [3.8, 4) is 0 Å². The van der Waals surface area contributed by atoms with E-state index in [9.17, 15) is 14.0 Å². The number of hydrogen-bond donors (Lipinski definition) is 0. The SMILES string of the molecule is CCOC(=O)/C=C1\CCCN(C(C(=O)C2CC2)c2ccccc2F)C1. The molecule has 1 aliphatic carbocycles. The molecule has 4 nitrogen and oxygen atoms in total. The monoisotopic (exact) mass is 345 g/mol. The number of esters is 1. The average molecular weight is 345 g/mol. The molecule has 1 aromatic rings. The highest BCUT2D eigenvalue weighted by Crippen LogP contribution is 2.39. The van der Waals surface area contributed by atoms with Crippen LogP contribution < -0.4 is 0 Å². The molecule has 1 unspecified atom stereocenters. The Morgan fingerprint density at radius 2 is 2.12 bits per heavy atom. The summed E-state index contributed by atoms with van der Waals surface area (Å²) in [6.07, 6.45) is 4.95. The van der Waals surface area contributed by atoms with Crippen LogP contribution in [0.4, 0.5) is 4.39 Å². The molecule has 1 aliphatic heterocycles. The van der Waals surface area contributed by atoms with Crippen LogP contribution in [-0.2, 0) is 14.3 Å². The number of ether oxygens (including phenoxy) is 1. The van der Waals surface area contributed by atoms with Crippen molar-refractivity contribution < 1.29 is 18.7 Å². The minimum atomic E-state index is -0.570. The molecule has 0 bridgehead atoms. The van der Waals surface area contributed by atoms with E-state index >= 15 is 0 Å². The van der Waals surface area contributed by atoms with Gasteiger partial charge in [0, 0.05) is 24.1 Å². The van der Waals surface area contributed by atoms with Gasteiger partial charge in [0.1, 0.15) is 5.82 Å². The zero-order valence-electron chi connectivity index (χ0n) is 14.5. The van der Waals surface area contributed by atoms with Crippen LogP contribution in [0.1, 0.15) is 44.2 Å². The summed E-state index contributed by atoms with van der Waals surface area (Å²) in [4.78, 5) is 26.6. The molecule has 25 heavy (non-hydrogen) atoms. The van der Waals surface area contributed by atoms with E-state index in [1.165, 1.54) is 12.1 Å². The van der Waals surface area contributed by atoms with E-state index in [0.717, 1.165) is 37.8 Å². The number of piperidine rings is 1. The predicted molar refractivity (Wildman–Crippen MR) is 92.4 cm³/mol. The maximum Gasteiger partial charge on any atom is 0.330 e. The van der Waals surface area contributed by atoms with Gasteiger partial charge in [0.2, 0.25) is 0 Å².